The van der Waals surface area contributed by atoms with Gasteiger partial charge in [0.15, 0.2) is 0 Å². The maximum atomic E-state index is 11.6. The van der Waals surface area contributed by atoms with Gasteiger partial charge in [-0.1, -0.05) is 0 Å². The van der Waals surface area contributed by atoms with Crippen molar-refractivity contribution < 1.29 is 9.53 Å². The third-order valence-electron chi connectivity index (χ3n) is 3.64. The summed E-state index contributed by atoms with van der Waals surface area (Å²) >= 11 is 0. The molecule has 0 bridgehead atoms. The third kappa shape index (κ3) is 2.32. The minimum absolute atomic E-state index is 0.275. The molecule has 1 aliphatic carbocycles. The molecule has 0 aromatic rings. The van der Waals surface area contributed by atoms with Crippen LogP contribution in [0.25, 0.3) is 0 Å². The van der Waals surface area contributed by atoms with E-state index in [-0.39, 0.29) is 6.09 Å². The molecule has 0 radical (unpaired) electrons. The van der Waals surface area contributed by atoms with Crippen LogP contribution in [0, 0.1) is 5.41 Å². The third-order valence-corrected chi connectivity index (χ3v) is 3.64. The van der Waals surface area contributed by atoms with Crippen LogP contribution in [0.15, 0.2) is 0 Å². The van der Waals surface area contributed by atoms with Crippen molar-refractivity contribution in [2.45, 2.75) is 51.7 Å². The summed E-state index contributed by atoms with van der Waals surface area (Å²) in [6, 6.07) is 0.303. The summed E-state index contributed by atoms with van der Waals surface area (Å²) in [6.07, 6.45) is 3.21. The normalized spacial score (nSPS) is 33.6. The van der Waals surface area contributed by atoms with Crippen molar-refractivity contribution in [3.8, 4) is 0 Å². The van der Waals surface area contributed by atoms with Gasteiger partial charge in [-0.25, -0.2) is 4.79 Å². The quantitative estimate of drug-likeness (QED) is 0.715. The van der Waals surface area contributed by atoms with E-state index in [0.717, 1.165) is 19.5 Å². The van der Waals surface area contributed by atoms with E-state index in [9.17, 15) is 4.79 Å². The first-order chi connectivity index (χ1) is 7.41. The molecule has 2 atom stereocenters. The van der Waals surface area contributed by atoms with Crippen molar-refractivity contribution in [3.05, 3.63) is 0 Å². The lowest BCUT2D eigenvalue weighted by atomic mass is 9.64. The van der Waals surface area contributed by atoms with Gasteiger partial charge in [0.25, 0.3) is 0 Å². The Morgan fingerprint density at radius 1 is 1.44 bits per heavy atom. The molecule has 0 aromatic heterocycles. The summed E-state index contributed by atoms with van der Waals surface area (Å²) in [6.45, 7) is 7.78. The Hall–Kier alpha value is -0.770. The van der Waals surface area contributed by atoms with Crippen molar-refractivity contribution in [3.63, 3.8) is 0 Å². The van der Waals surface area contributed by atoms with E-state index in [0.29, 0.717) is 11.5 Å². The maximum absolute atomic E-state index is 11.6. The lowest BCUT2D eigenvalue weighted by Crippen LogP contribution is -2.56. The number of hydrogen-bond acceptors (Lipinski definition) is 3. The van der Waals surface area contributed by atoms with Gasteiger partial charge in [-0.15, -0.1) is 0 Å². The Kier molecular flexibility index (Phi) is 2.86. The fourth-order valence-electron chi connectivity index (χ4n) is 2.65. The second kappa shape index (κ2) is 3.91. The summed E-state index contributed by atoms with van der Waals surface area (Å²) in [5, 5.41) is 6.38. The lowest BCUT2D eigenvalue weighted by Gasteiger charge is -2.46. The monoisotopic (exact) mass is 226 g/mol. The SMILES string of the molecule is CC(C)(C)OC(=O)N[C@@H]1CC[C@]12CCNC2. The molecule has 2 N–H and O–H groups in total. The average Bonchev–Trinajstić information content (AvgIpc) is 2.60. The van der Waals surface area contributed by atoms with E-state index in [1.165, 1.54) is 12.8 Å². The van der Waals surface area contributed by atoms with E-state index in [4.69, 9.17) is 4.74 Å². The molecule has 4 nitrogen and oxygen atoms in total. The maximum Gasteiger partial charge on any atom is 0.407 e. The second-order valence-corrected chi connectivity index (χ2v) is 6.03. The second-order valence-electron chi connectivity index (χ2n) is 6.03. The minimum atomic E-state index is -0.408. The van der Waals surface area contributed by atoms with E-state index >= 15 is 0 Å². The standard InChI is InChI=1S/C12H22N2O2/c1-11(2,3)16-10(15)14-9-4-5-12(9)6-7-13-8-12/h9,13H,4-8H2,1-3H3,(H,14,15)/t9-,12-/m1/s1. The Labute approximate surface area is 97.1 Å². The molecule has 92 valence electrons. The van der Waals surface area contributed by atoms with Gasteiger partial charge < -0.3 is 15.4 Å². The first-order valence-electron chi connectivity index (χ1n) is 6.12. The number of rotatable bonds is 1. The van der Waals surface area contributed by atoms with Crippen LogP contribution in [0.5, 0.6) is 0 Å². The van der Waals surface area contributed by atoms with Crippen molar-refractivity contribution in [1.29, 1.82) is 0 Å². The van der Waals surface area contributed by atoms with E-state index < -0.39 is 5.60 Å². The Morgan fingerprint density at radius 3 is 2.62 bits per heavy atom. The van der Waals surface area contributed by atoms with Crippen molar-refractivity contribution in [1.82, 2.24) is 10.6 Å². The highest BCUT2D eigenvalue weighted by molar-refractivity contribution is 5.68. The first-order valence-corrected chi connectivity index (χ1v) is 6.12. The van der Waals surface area contributed by atoms with Crippen LogP contribution >= 0.6 is 0 Å². The van der Waals surface area contributed by atoms with Gasteiger partial charge in [-0.2, -0.15) is 0 Å². The van der Waals surface area contributed by atoms with E-state index in [2.05, 4.69) is 10.6 Å². The fraction of sp³-hybridized carbons (Fsp3) is 0.917. The van der Waals surface area contributed by atoms with Crippen LogP contribution in [-0.2, 0) is 4.74 Å². The number of amides is 1. The molecule has 1 spiro atoms. The lowest BCUT2D eigenvalue weighted by molar-refractivity contribution is 0.0293. The topological polar surface area (TPSA) is 50.4 Å². The molecular weight excluding hydrogens is 204 g/mol. The minimum Gasteiger partial charge on any atom is -0.444 e. The zero-order valence-corrected chi connectivity index (χ0v) is 10.4. The number of carbonyl (C=O) groups is 1. The van der Waals surface area contributed by atoms with Crippen LogP contribution < -0.4 is 10.6 Å². The van der Waals surface area contributed by atoms with Crippen LogP contribution in [0.4, 0.5) is 4.79 Å². The highest BCUT2D eigenvalue weighted by atomic mass is 16.6. The Morgan fingerprint density at radius 2 is 2.19 bits per heavy atom. The predicted molar refractivity (Wildman–Crippen MR) is 62.3 cm³/mol. The zero-order valence-electron chi connectivity index (χ0n) is 10.4. The van der Waals surface area contributed by atoms with E-state index in [1.807, 2.05) is 20.8 Å². The summed E-state index contributed by atoms with van der Waals surface area (Å²) < 4.78 is 5.28. The largest absolute Gasteiger partial charge is 0.444 e. The zero-order chi connectivity index (χ0) is 11.8. The number of hydrogen-bond donors (Lipinski definition) is 2. The number of carbonyl (C=O) groups excluding carboxylic acids is 1. The number of ether oxygens (including phenoxy) is 1. The molecule has 0 aromatic carbocycles. The van der Waals surface area contributed by atoms with Gasteiger partial charge in [0, 0.05) is 18.0 Å². The van der Waals surface area contributed by atoms with Crippen molar-refractivity contribution >= 4 is 6.09 Å². The first kappa shape index (κ1) is 11.7. The molecule has 2 rings (SSSR count). The predicted octanol–water partition coefficient (Wildman–Crippen LogP) is 1.65. The van der Waals surface area contributed by atoms with Gasteiger partial charge in [-0.05, 0) is 46.6 Å². The molecule has 1 heterocycles. The Balaban J connectivity index is 1.84. The number of nitrogens with one attached hydrogen (secondary N) is 2. The molecule has 4 heteroatoms. The molecule has 1 saturated heterocycles. The smallest absolute Gasteiger partial charge is 0.407 e. The van der Waals surface area contributed by atoms with Crippen LogP contribution in [-0.4, -0.2) is 30.8 Å². The van der Waals surface area contributed by atoms with Crippen LogP contribution in [0.2, 0.25) is 0 Å². The van der Waals surface area contributed by atoms with E-state index in [1.54, 1.807) is 0 Å². The van der Waals surface area contributed by atoms with Gasteiger partial charge >= 0.3 is 6.09 Å². The van der Waals surface area contributed by atoms with Crippen LogP contribution in [0.1, 0.15) is 40.0 Å². The summed E-state index contributed by atoms with van der Waals surface area (Å²) in [7, 11) is 0. The van der Waals surface area contributed by atoms with Gasteiger partial charge in [0.2, 0.25) is 0 Å². The molecular formula is C12H22N2O2. The highest BCUT2D eigenvalue weighted by Gasteiger charge is 2.49. The van der Waals surface area contributed by atoms with Crippen LogP contribution in [0.3, 0.4) is 0 Å². The molecule has 1 amide bonds. The fourth-order valence-corrected chi connectivity index (χ4v) is 2.65. The Bertz CT molecular complexity index is 277. The average molecular weight is 226 g/mol. The summed E-state index contributed by atoms with van der Waals surface area (Å²) in [5.41, 5.74) is -0.0914. The van der Waals surface area contributed by atoms with Gasteiger partial charge in [0.1, 0.15) is 5.60 Å². The molecule has 0 unspecified atom stereocenters. The van der Waals surface area contributed by atoms with Gasteiger partial charge in [0.05, 0.1) is 0 Å². The summed E-state index contributed by atoms with van der Waals surface area (Å²) in [4.78, 5) is 11.6. The molecule has 1 aliphatic heterocycles. The van der Waals surface area contributed by atoms with Crippen molar-refractivity contribution in [2.24, 2.45) is 5.41 Å². The molecule has 2 aliphatic rings. The highest BCUT2D eigenvalue weighted by Crippen LogP contribution is 2.45. The van der Waals surface area contributed by atoms with Crippen molar-refractivity contribution in [2.75, 3.05) is 13.1 Å². The molecule has 16 heavy (non-hydrogen) atoms. The molecule has 2 fully saturated rings. The summed E-state index contributed by atoms with van der Waals surface area (Å²) in [5.74, 6) is 0. The number of alkyl carbamates (subject to hydrolysis) is 1. The van der Waals surface area contributed by atoms with Gasteiger partial charge in [-0.3, -0.25) is 0 Å². The molecule has 1 saturated carbocycles.